The first kappa shape index (κ1) is 20.7. The molecule has 0 radical (unpaired) electrons. The standard InChI is InChI=1S/C25H16ClF2N3S/c26-21-7-4-8-22(28)20(21)14-32-25-23-19(16-5-2-1-3-6-16)13-31(24(23)29-15-30-25)18-11-9-17(27)10-12-18/h1-13,15H,14H2. The molecule has 5 aromatic rings. The Morgan fingerprint density at radius 2 is 1.66 bits per heavy atom. The number of hydrogen-bond donors (Lipinski definition) is 0. The fourth-order valence-electron chi connectivity index (χ4n) is 3.59. The van der Waals surface area contributed by atoms with Crippen molar-refractivity contribution < 1.29 is 8.78 Å². The molecule has 0 amide bonds. The Kier molecular flexibility index (Phi) is 5.64. The van der Waals surface area contributed by atoms with Crippen molar-refractivity contribution in [2.24, 2.45) is 0 Å². The zero-order valence-electron chi connectivity index (χ0n) is 16.7. The summed E-state index contributed by atoms with van der Waals surface area (Å²) in [6.07, 6.45) is 3.46. The van der Waals surface area contributed by atoms with E-state index in [1.807, 2.05) is 41.1 Å². The van der Waals surface area contributed by atoms with Gasteiger partial charge in [0.2, 0.25) is 0 Å². The summed E-state index contributed by atoms with van der Waals surface area (Å²) in [5, 5.41) is 1.95. The first-order valence-corrected chi connectivity index (χ1v) is 11.2. The predicted molar refractivity (Wildman–Crippen MR) is 125 cm³/mol. The van der Waals surface area contributed by atoms with E-state index < -0.39 is 0 Å². The highest BCUT2D eigenvalue weighted by atomic mass is 35.5. The lowest BCUT2D eigenvalue weighted by Gasteiger charge is -2.08. The third-order valence-corrected chi connectivity index (χ3v) is 6.52. The molecule has 0 N–H and O–H groups in total. The van der Waals surface area contributed by atoms with Gasteiger partial charge in [0, 0.05) is 33.8 Å². The molecule has 0 saturated carbocycles. The zero-order valence-corrected chi connectivity index (χ0v) is 18.2. The van der Waals surface area contributed by atoms with Gasteiger partial charge in [-0.2, -0.15) is 0 Å². The minimum Gasteiger partial charge on any atom is -0.301 e. The molecule has 0 atom stereocenters. The number of benzene rings is 3. The lowest BCUT2D eigenvalue weighted by atomic mass is 10.1. The van der Waals surface area contributed by atoms with Crippen molar-refractivity contribution in [3.8, 4) is 16.8 Å². The van der Waals surface area contributed by atoms with E-state index in [2.05, 4.69) is 9.97 Å². The molecule has 0 fully saturated rings. The molecule has 5 rings (SSSR count). The van der Waals surface area contributed by atoms with Gasteiger partial charge in [-0.3, -0.25) is 0 Å². The summed E-state index contributed by atoms with van der Waals surface area (Å²) in [6.45, 7) is 0. The Morgan fingerprint density at radius 3 is 2.41 bits per heavy atom. The van der Waals surface area contributed by atoms with E-state index >= 15 is 0 Å². The van der Waals surface area contributed by atoms with E-state index in [1.54, 1.807) is 24.3 Å². The summed E-state index contributed by atoms with van der Waals surface area (Å²) < 4.78 is 29.7. The van der Waals surface area contributed by atoms with Gasteiger partial charge < -0.3 is 4.57 Å². The number of fused-ring (bicyclic) bond motifs is 1. The van der Waals surface area contributed by atoms with Crippen molar-refractivity contribution in [1.82, 2.24) is 14.5 Å². The molecule has 7 heteroatoms. The Hall–Kier alpha value is -3.22. The van der Waals surface area contributed by atoms with Crippen LogP contribution in [-0.4, -0.2) is 14.5 Å². The van der Waals surface area contributed by atoms with Crippen LogP contribution in [0.15, 0.2) is 90.3 Å². The third-order valence-electron chi connectivity index (χ3n) is 5.15. The van der Waals surface area contributed by atoms with E-state index in [0.717, 1.165) is 22.2 Å². The van der Waals surface area contributed by atoms with Crippen LogP contribution < -0.4 is 0 Å². The first-order chi connectivity index (χ1) is 15.6. The van der Waals surface area contributed by atoms with Crippen molar-refractivity contribution in [3.63, 3.8) is 0 Å². The number of rotatable bonds is 5. The Balaban J connectivity index is 1.66. The molecule has 3 nitrogen and oxygen atoms in total. The van der Waals surface area contributed by atoms with E-state index in [1.165, 1.54) is 36.3 Å². The monoisotopic (exact) mass is 463 g/mol. The summed E-state index contributed by atoms with van der Waals surface area (Å²) in [5.74, 6) is -0.322. The summed E-state index contributed by atoms with van der Waals surface area (Å²) in [6, 6.07) is 20.8. The first-order valence-electron chi connectivity index (χ1n) is 9.85. The molecule has 0 aliphatic rings. The predicted octanol–water partition coefficient (Wildman–Crippen LogP) is 7.31. The summed E-state index contributed by atoms with van der Waals surface area (Å²) >= 11 is 7.62. The van der Waals surface area contributed by atoms with Crippen molar-refractivity contribution in [2.45, 2.75) is 10.8 Å². The fraction of sp³-hybridized carbons (Fsp3) is 0.0400. The van der Waals surface area contributed by atoms with Gasteiger partial charge >= 0.3 is 0 Å². The van der Waals surface area contributed by atoms with Gasteiger partial charge in [0.25, 0.3) is 0 Å². The molecule has 2 heterocycles. The maximum Gasteiger partial charge on any atom is 0.149 e. The number of aromatic nitrogens is 3. The summed E-state index contributed by atoms with van der Waals surface area (Å²) in [7, 11) is 0. The fourth-order valence-corrected chi connectivity index (χ4v) is 4.94. The minimum atomic E-state index is -0.345. The lowest BCUT2D eigenvalue weighted by molar-refractivity contribution is 0.617. The molecule has 0 aliphatic heterocycles. The Bertz CT molecular complexity index is 1380. The van der Waals surface area contributed by atoms with Gasteiger partial charge in [-0.1, -0.05) is 48.0 Å². The van der Waals surface area contributed by atoms with Crippen LogP contribution in [-0.2, 0) is 5.75 Å². The SMILES string of the molecule is Fc1ccc(-n2cc(-c3ccccc3)c3c(SCc4c(F)cccc4Cl)ncnc32)cc1. The molecule has 158 valence electrons. The van der Waals surface area contributed by atoms with Gasteiger partial charge in [-0.05, 0) is 42.0 Å². The summed E-state index contributed by atoms with van der Waals surface area (Å²) in [4.78, 5) is 9.02. The van der Waals surface area contributed by atoms with E-state index in [4.69, 9.17) is 11.6 Å². The molecule has 2 aromatic heterocycles. The van der Waals surface area contributed by atoms with Crippen LogP contribution in [0.25, 0.3) is 27.8 Å². The lowest BCUT2D eigenvalue weighted by Crippen LogP contribution is -1.95. The molecule has 0 saturated heterocycles. The summed E-state index contributed by atoms with van der Waals surface area (Å²) in [5.41, 5.74) is 3.84. The van der Waals surface area contributed by atoms with Crippen LogP contribution in [0.1, 0.15) is 5.56 Å². The number of halogens is 3. The van der Waals surface area contributed by atoms with Crippen LogP contribution in [0.4, 0.5) is 8.78 Å². The number of nitrogens with zero attached hydrogens (tertiary/aromatic N) is 3. The number of thioether (sulfide) groups is 1. The van der Waals surface area contributed by atoms with Crippen LogP contribution in [0, 0.1) is 11.6 Å². The molecular weight excluding hydrogens is 448 g/mol. The van der Waals surface area contributed by atoms with E-state index in [9.17, 15) is 8.78 Å². The molecule has 0 bridgehead atoms. The Morgan fingerprint density at radius 1 is 0.875 bits per heavy atom. The normalized spacial score (nSPS) is 11.2. The van der Waals surface area contributed by atoms with Crippen molar-refractivity contribution in [2.75, 3.05) is 0 Å². The van der Waals surface area contributed by atoms with Crippen molar-refractivity contribution in [3.05, 3.63) is 108 Å². The second-order valence-corrected chi connectivity index (χ2v) is 8.49. The van der Waals surface area contributed by atoms with Crippen molar-refractivity contribution >= 4 is 34.4 Å². The molecule has 3 aromatic carbocycles. The maximum atomic E-state index is 14.3. The van der Waals surface area contributed by atoms with Gasteiger partial charge in [0.1, 0.15) is 28.6 Å². The number of hydrogen-bond acceptors (Lipinski definition) is 3. The highest BCUT2D eigenvalue weighted by molar-refractivity contribution is 7.98. The zero-order chi connectivity index (χ0) is 22.1. The van der Waals surface area contributed by atoms with E-state index in [-0.39, 0.29) is 11.6 Å². The molecular formula is C25H16ClF2N3S. The molecule has 0 unspecified atom stereocenters. The molecule has 0 spiro atoms. The van der Waals surface area contributed by atoms with Gasteiger partial charge in [0.05, 0.1) is 5.39 Å². The molecule has 0 aliphatic carbocycles. The largest absolute Gasteiger partial charge is 0.301 e. The van der Waals surface area contributed by atoms with E-state index in [0.29, 0.717) is 27.0 Å². The van der Waals surface area contributed by atoms with Gasteiger partial charge in [-0.25, -0.2) is 18.7 Å². The topological polar surface area (TPSA) is 30.7 Å². The third kappa shape index (κ3) is 3.87. The highest BCUT2D eigenvalue weighted by Gasteiger charge is 2.18. The second kappa shape index (κ2) is 8.73. The average molecular weight is 464 g/mol. The maximum absolute atomic E-state index is 14.3. The second-order valence-electron chi connectivity index (χ2n) is 7.12. The smallest absolute Gasteiger partial charge is 0.149 e. The van der Waals surface area contributed by atoms with Crippen molar-refractivity contribution in [1.29, 1.82) is 0 Å². The Labute approximate surface area is 192 Å². The minimum absolute atomic E-state index is 0.305. The van der Waals surface area contributed by atoms with Crippen LogP contribution >= 0.6 is 23.4 Å². The van der Waals surface area contributed by atoms with Crippen LogP contribution in [0.5, 0.6) is 0 Å². The van der Waals surface area contributed by atoms with Crippen LogP contribution in [0.3, 0.4) is 0 Å². The van der Waals surface area contributed by atoms with Gasteiger partial charge in [0.15, 0.2) is 0 Å². The van der Waals surface area contributed by atoms with Gasteiger partial charge in [-0.15, -0.1) is 11.8 Å². The van der Waals surface area contributed by atoms with Crippen LogP contribution in [0.2, 0.25) is 5.02 Å². The average Bonchev–Trinajstić information content (AvgIpc) is 3.20. The quantitative estimate of drug-likeness (QED) is 0.202. The molecule has 32 heavy (non-hydrogen) atoms. The highest BCUT2D eigenvalue weighted by Crippen LogP contribution is 2.38.